The maximum absolute atomic E-state index is 11.8. The molecule has 0 fully saturated rings. The fourth-order valence-corrected chi connectivity index (χ4v) is 3.75. The van der Waals surface area contributed by atoms with Crippen LogP contribution in [0.1, 0.15) is 18.1 Å². The highest BCUT2D eigenvalue weighted by Crippen LogP contribution is 2.43. The van der Waals surface area contributed by atoms with Gasteiger partial charge in [0.2, 0.25) is 0 Å². The van der Waals surface area contributed by atoms with Gasteiger partial charge in [-0.25, -0.2) is 0 Å². The fourth-order valence-electron chi connectivity index (χ4n) is 1.89. The maximum Gasteiger partial charge on any atom is 0.152 e. The van der Waals surface area contributed by atoms with Crippen molar-refractivity contribution in [3.8, 4) is 0 Å². The van der Waals surface area contributed by atoms with Crippen molar-refractivity contribution in [1.29, 1.82) is 0 Å². The lowest BCUT2D eigenvalue weighted by molar-refractivity contribution is -0.109. The summed E-state index contributed by atoms with van der Waals surface area (Å²) >= 11 is 0. The highest BCUT2D eigenvalue weighted by Gasteiger charge is 2.14. The second-order valence-corrected chi connectivity index (χ2v) is 6.69. The average molecular weight is 256 g/mol. The molecule has 0 N–H and O–H groups in total. The van der Waals surface area contributed by atoms with Gasteiger partial charge in [-0.2, -0.15) is 0 Å². The average Bonchev–Trinajstić information content (AvgIpc) is 2.40. The maximum atomic E-state index is 11.8. The van der Waals surface area contributed by atoms with Crippen molar-refractivity contribution in [2.75, 3.05) is 0 Å². The van der Waals surface area contributed by atoms with Crippen LogP contribution in [-0.4, -0.2) is 5.52 Å². The van der Waals surface area contributed by atoms with Crippen molar-refractivity contribution in [3.63, 3.8) is 0 Å². The molecule has 0 unspecified atom stereocenters. The Balaban J connectivity index is 2.08. The quantitative estimate of drug-likeness (QED) is 0.724. The standard InChI is InChI=1S/C16H17OP/c1-14(17)18(12-15-8-4-2-5-9-15)13-16-10-6-3-7-11-16/h2-11H,12-13H2,1H3. The SMILES string of the molecule is CC(=O)P(Cc1ccccc1)Cc1ccccc1. The van der Waals surface area contributed by atoms with E-state index in [1.54, 1.807) is 6.92 Å². The van der Waals surface area contributed by atoms with E-state index in [-0.39, 0.29) is 0 Å². The van der Waals surface area contributed by atoms with Gasteiger partial charge in [0.15, 0.2) is 5.52 Å². The molecule has 0 atom stereocenters. The summed E-state index contributed by atoms with van der Waals surface area (Å²) in [7, 11) is -0.611. The second kappa shape index (κ2) is 6.47. The van der Waals surface area contributed by atoms with Gasteiger partial charge < -0.3 is 0 Å². The Morgan fingerprint density at radius 1 is 0.833 bits per heavy atom. The third-order valence-corrected chi connectivity index (χ3v) is 5.26. The van der Waals surface area contributed by atoms with Crippen LogP contribution in [-0.2, 0) is 17.1 Å². The Morgan fingerprint density at radius 3 is 1.56 bits per heavy atom. The minimum absolute atomic E-state index is 0.331. The molecule has 18 heavy (non-hydrogen) atoms. The van der Waals surface area contributed by atoms with Crippen molar-refractivity contribution in [1.82, 2.24) is 0 Å². The van der Waals surface area contributed by atoms with Crippen LogP contribution >= 0.6 is 7.92 Å². The second-order valence-electron chi connectivity index (χ2n) is 4.35. The van der Waals surface area contributed by atoms with E-state index in [9.17, 15) is 4.79 Å². The molecule has 0 aliphatic carbocycles. The van der Waals surface area contributed by atoms with Crippen LogP contribution in [0.25, 0.3) is 0 Å². The summed E-state index contributed by atoms with van der Waals surface area (Å²) in [5.74, 6) is 0. The molecule has 0 aromatic heterocycles. The first-order valence-electron chi connectivity index (χ1n) is 6.09. The molecule has 2 heteroatoms. The van der Waals surface area contributed by atoms with Crippen LogP contribution < -0.4 is 0 Å². The van der Waals surface area contributed by atoms with E-state index in [1.165, 1.54) is 11.1 Å². The van der Waals surface area contributed by atoms with E-state index in [0.717, 1.165) is 12.3 Å². The van der Waals surface area contributed by atoms with Gasteiger partial charge in [0.05, 0.1) is 0 Å². The lowest BCUT2D eigenvalue weighted by Gasteiger charge is -2.14. The summed E-state index contributed by atoms with van der Waals surface area (Å²) in [4.78, 5) is 11.8. The van der Waals surface area contributed by atoms with E-state index >= 15 is 0 Å². The predicted octanol–water partition coefficient (Wildman–Crippen LogP) is 4.42. The summed E-state index contributed by atoms with van der Waals surface area (Å²) < 4.78 is 0. The molecule has 92 valence electrons. The lowest BCUT2D eigenvalue weighted by Crippen LogP contribution is -1.96. The molecule has 0 heterocycles. The summed E-state index contributed by atoms with van der Waals surface area (Å²) in [6, 6.07) is 20.6. The highest BCUT2D eigenvalue weighted by molar-refractivity contribution is 7.73. The number of hydrogen-bond donors (Lipinski definition) is 0. The van der Waals surface area contributed by atoms with E-state index < -0.39 is 7.92 Å². The van der Waals surface area contributed by atoms with E-state index in [1.807, 2.05) is 36.4 Å². The number of rotatable bonds is 5. The number of carbonyl (C=O) groups excluding carboxylic acids is 1. The van der Waals surface area contributed by atoms with Crippen molar-refractivity contribution in [2.24, 2.45) is 0 Å². The zero-order valence-electron chi connectivity index (χ0n) is 10.5. The molecule has 0 amide bonds. The van der Waals surface area contributed by atoms with Crippen LogP contribution in [0, 0.1) is 0 Å². The van der Waals surface area contributed by atoms with E-state index in [2.05, 4.69) is 24.3 Å². The Bertz CT molecular complexity index is 452. The first kappa shape index (κ1) is 13.0. The van der Waals surface area contributed by atoms with Gasteiger partial charge in [0, 0.05) is 0 Å². The third kappa shape index (κ3) is 3.78. The predicted molar refractivity (Wildman–Crippen MR) is 77.9 cm³/mol. The monoisotopic (exact) mass is 256 g/mol. The molecule has 2 aromatic carbocycles. The van der Waals surface area contributed by atoms with Crippen LogP contribution in [0.2, 0.25) is 0 Å². The van der Waals surface area contributed by atoms with Crippen molar-refractivity contribution in [3.05, 3.63) is 71.8 Å². The minimum Gasteiger partial charge on any atom is -0.295 e. The largest absolute Gasteiger partial charge is 0.295 e. The minimum atomic E-state index is -0.611. The number of hydrogen-bond acceptors (Lipinski definition) is 1. The van der Waals surface area contributed by atoms with Crippen molar-refractivity contribution < 1.29 is 4.79 Å². The molecule has 1 nitrogen and oxygen atoms in total. The van der Waals surface area contributed by atoms with E-state index in [4.69, 9.17) is 0 Å². The summed E-state index contributed by atoms with van der Waals surface area (Å²) in [5, 5.41) is 0. The molecule has 0 saturated heterocycles. The lowest BCUT2D eigenvalue weighted by atomic mass is 10.2. The zero-order chi connectivity index (χ0) is 12.8. The normalized spacial score (nSPS) is 10.6. The van der Waals surface area contributed by atoms with Gasteiger partial charge in [0.1, 0.15) is 0 Å². The first-order chi connectivity index (χ1) is 8.75. The Kier molecular flexibility index (Phi) is 4.66. The molecule has 0 radical (unpaired) electrons. The van der Waals surface area contributed by atoms with Crippen molar-refractivity contribution >= 4 is 13.4 Å². The Hall–Kier alpha value is -1.46. The highest BCUT2D eigenvalue weighted by atomic mass is 31.1. The van der Waals surface area contributed by atoms with Crippen LogP contribution in [0.15, 0.2) is 60.7 Å². The van der Waals surface area contributed by atoms with Gasteiger partial charge in [-0.05, 0) is 38.3 Å². The molecular weight excluding hydrogens is 239 g/mol. The Labute approximate surface area is 110 Å². The fraction of sp³-hybridized carbons (Fsp3) is 0.188. The number of benzene rings is 2. The summed E-state index contributed by atoms with van der Waals surface area (Å²) in [6.45, 7) is 1.72. The summed E-state index contributed by atoms with van der Waals surface area (Å²) in [6.07, 6.45) is 1.78. The van der Waals surface area contributed by atoms with Crippen LogP contribution in [0.4, 0.5) is 0 Å². The van der Waals surface area contributed by atoms with Gasteiger partial charge in [-0.3, -0.25) is 4.79 Å². The van der Waals surface area contributed by atoms with Gasteiger partial charge in [0.25, 0.3) is 0 Å². The smallest absolute Gasteiger partial charge is 0.152 e. The van der Waals surface area contributed by atoms with Gasteiger partial charge in [-0.15, -0.1) is 0 Å². The molecule has 0 spiro atoms. The number of carbonyl (C=O) groups is 1. The van der Waals surface area contributed by atoms with E-state index in [0.29, 0.717) is 5.52 Å². The van der Waals surface area contributed by atoms with Crippen LogP contribution in [0.5, 0.6) is 0 Å². The topological polar surface area (TPSA) is 17.1 Å². The first-order valence-corrected chi connectivity index (χ1v) is 7.80. The molecular formula is C16H17OP. The zero-order valence-corrected chi connectivity index (χ0v) is 11.4. The third-order valence-electron chi connectivity index (χ3n) is 2.88. The van der Waals surface area contributed by atoms with Gasteiger partial charge >= 0.3 is 0 Å². The molecule has 0 bridgehead atoms. The summed E-state index contributed by atoms with van der Waals surface area (Å²) in [5.41, 5.74) is 2.85. The van der Waals surface area contributed by atoms with Crippen molar-refractivity contribution in [2.45, 2.75) is 19.2 Å². The molecule has 0 aliphatic heterocycles. The van der Waals surface area contributed by atoms with Gasteiger partial charge in [-0.1, -0.05) is 60.7 Å². The molecule has 2 aromatic rings. The molecule has 2 rings (SSSR count). The Morgan fingerprint density at radius 2 is 1.22 bits per heavy atom. The molecule has 0 saturated carbocycles. The molecule has 0 aliphatic rings. The van der Waals surface area contributed by atoms with Crippen LogP contribution in [0.3, 0.4) is 0 Å².